The summed E-state index contributed by atoms with van der Waals surface area (Å²) in [5.74, 6) is -3.46. The number of pyridine rings is 1. The molecule has 4 rings (SSSR count). The Morgan fingerprint density at radius 3 is 2.27 bits per heavy atom. The summed E-state index contributed by atoms with van der Waals surface area (Å²) in [5, 5.41) is 12.9. The van der Waals surface area contributed by atoms with Gasteiger partial charge >= 0.3 is 12.1 Å². The highest BCUT2D eigenvalue weighted by atomic mass is 19.4. The number of carboxylic acids is 1. The molecule has 164 valence electrons. The van der Waals surface area contributed by atoms with E-state index in [1.165, 1.54) is 12.8 Å². The van der Waals surface area contributed by atoms with Crippen LogP contribution in [0.15, 0.2) is 18.3 Å². The minimum absolute atomic E-state index is 0.185. The number of aromatic nitrogens is 1. The molecule has 3 N–H and O–H groups in total. The Labute approximate surface area is 170 Å². The number of halogens is 3. The molecule has 2 amide bonds. The molecule has 0 aliphatic carbocycles. The van der Waals surface area contributed by atoms with Crippen LogP contribution in [0.4, 0.5) is 18.9 Å². The van der Waals surface area contributed by atoms with E-state index in [4.69, 9.17) is 9.90 Å². The molecular formula is C19H23F3N4O4. The summed E-state index contributed by atoms with van der Waals surface area (Å²) < 4.78 is 31.7. The quantitative estimate of drug-likeness (QED) is 0.611. The average Bonchev–Trinajstić information content (AvgIpc) is 2.67. The van der Waals surface area contributed by atoms with Crippen molar-refractivity contribution in [3.05, 3.63) is 24.0 Å². The summed E-state index contributed by atoms with van der Waals surface area (Å²) in [6.45, 7) is 4.46. The first kappa shape index (κ1) is 22.0. The number of piperidine rings is 2. The molecule has 3 fully saturated rings. The van der Waals surface area contributed by atoms with E-state index in [1.807, 2.05) is 12.3 Å². The van der Waals surface area contributed by atoms with Crippen LogP contribution in [-0.2, 0) is 14.4 Å². The maximum absolute atomic E-state index is 11.9. The van der Waals surface area contributed by atoms with Crippen LogP contribution >= 0.6 is 0 Å². The van der Waals surface area contributed by atoms with Gasteiger partial charge in [-0.2, -0.15) is 13.2 Å². The smallest absolute Gasteiger partial charge is 0.475 e. The van der Waals surface area contributed by atoms with Crippen LogP contribution in [0, 0.1) is 5.41 Å². The number of aliphatic carboxylic acids is 1. The van der Waals surface area contributed by atoms with Gasteiger partial charge in [0.05, 0.1) is 23.5 Å². The Bertz CT molecular complexity index is 799. The molecule has 11 heteroatoms. The van der Waals surface area contributed by atoms with Gasteiger partial charge in [-0.05, 0) is 36.8 Å². The maximum atomic E-state index is 11.9. The number of amides is 2. The van der Waals surface area contributed by atoms with Crippen LogP contribution in [-0.4, -0.2) is 60.2 Å². The van der Waals surface area contributed by atoms with Crippen LogP contribution in [0.3, 0.4) is 0 Å². The zero-order valence-corrected chi connectivity index (χ0v) is 16.2. The minimum atomic E-state index is -5.08. The van der Waals surface area contributed by atoms with Crippen LogP contribution in [0.25, 0.3) is 0 Å². The van der Waals surface area contributed by atoms with Gasteiger partial charge in [0.15, 0.2) is 0 Å². The molecule has 1 spiro atoms. The van der Waals surface area contributed by atoms with Crippen molar-refractivity contribution >= 4 is 23.5 Å². The lowest BCUT2D eigenvalue weighted by Crippen LogP contribution is -2.58. The first-order valence-electron chi connectivity index (χ1n) is 9.65. The van der Waals surface area contributed by atoms with Crippen molar-refractivity contribution in [1.29, 1.82) is 0 Å². The number of carboxylic acid groups (broad SMARTS) is 1. The Morgan fingerprint density at radius 2 is 1.83 bits per heavy atom. The Kier molecular flexibility index (Phi) is 6.30. The highest BCUT2D eigenvalue weighted by molar-refractivity contribution is 6.00. The Hall–Kier alpha value is -2.69. The minimum Gasteiger partial charge on any atom is -0.475 e. The lowest BCUT2D eigenvalue weighted by atomic mass is 9.73. The van der Waals surface area contributed by atoms with Crippen molar-refractivity contribution in [2.75, 3.05) is 31.1 Å². The monoisotopic (exact) mass is 428 g/mol. The summed E-state index contributed by atoms with van der Waals surface area (Å²) in [5.41, 5.74) is 2.43. The molecule has 3 aliphatic rings. The molecule has 0 aromatic carbocycles. The predicted octanol–water partition coefficient (Wildman–Crippen LogP) is 1.42. The topological polar surface area (TPSA) is 112 Å². The van der Waals surface area contributed by atoms with Crippen LogP contribution < -0.4 is 15.5 Å². The molecule has 0 saturated carbocycles. The third kappa shape index (κ3) is 5.07. The van der Waals surface area contributed by atoms with Crippen molar-refractivity contribution in [3.8, 4) is 0 Å². The van der Waals surface area contributed by atoms with E-state index in [-0.39, 0.29) is 17.7 Å². The highest BCUT2D eigenvalue weighted by Crippen LogP contribution is 2.36. The fraction of sp³-hybridized carbons (Fsp3) is 0.579. The molecule has 4 heterocycles. The number of nitrogens with one attached hydrogen (secondary N) is 2. The van der Waals surface area contributed by atoms with E-state index in [0.29, 0.717) is 18.3 Å². The average molecular weight is 428 g/mol. The van der Waals surface area contributed by atoms with Crippen molar-refractivity contribution in [2.24, 2.45) is 5.41 Å². The molecule has 3 saturated heterocycles. The SMILES string of the molecule is O=C(O)C(F)(F)F.O=C1CCC(c2ccc(N3CCC4(CC3)CNC4)cn2)C(=O)N1. The van der Waals surface area contributed by atoms with Crippen LogP contribution in [0.5, 0.6) is 0 Å². The van der Waals surface area contributed by atoms with E-state index in [0.717, 1.165) is 37.6 Å². The third-order valence-electron chi connectivity index (χ3n) is 5.80. The standard InChI is InChI=1S/C17H22N4O2.C2HF3O2/c22-15-4-2-13(16(23)20-15)14-3-1-12(9-19-14)21-7-5-17(6-8-21)10-18-11-17;3-2(4,5)1(6)7/h1,3,9,13,18H,2,4-8,10-11H2,(H,20,22,23);(H,6,7). The largest absolute Gasteiger partial charge is 0.490 e. The van der Waals surface area contributed by atoms with Gasteiger partial charge in [-0.3, -0.25) is 19.9 Å². The van der Waals surface area contributed by atoms with Gasteiger partial charge in [0.25, 0.3) is 0 Å². The third-order valence-corrected chi connectivity index (χ3v) is 5.80. The first-order valence-corrected chi connectivity index (χ1v) is 9.65. The van der Waals surface area contributed by atoms with E-state index < -0.39 is 12.1 Å². The number of hydrogen-bond donors (Lipinski definition) is 3. The number of alkyl halides is 3. The predicted molar refractivity (Wildman–Crippen MR) is 99.8 cm³/mol. The summed E-state index contributed by atoms with van der Waals surface area (Å²) in [6.07, 6.45) is 0.193. The van der Waals surface area contributed by atoms with E-state index in [1.54, 1.807) is 0 Å². The lowest BCUT2D eigenvalue weighted by Gasteiger charge is -2.48. The van der Waals surface area contributed by atoms with Gasteiger partial charge in [0.1, 0.15) is 0 Å². The van der Waals surface area contributed by atoms with Crippen molar-refractivity contribution in [2.45, 2.75) is 37.8 Å². The van der Waals surface area contributed by atoms with Gasteiger partial charge in [0.2, 0.25) is 11.8 Å². The number of hydrogen-bond acceptors (Lipinski definition) is 6. The van der Waals surface area contributed by atoms with Crippen molar-refractivity contribution in [1.82, 2.24) is 15.6 Å². The number of anilines is 1. The summed E-state index contributed by atoms with van der Waals surface area (Å²) >= 11 is 0. The zero-order valence-electron chi connectivity index (χ0n) is 16.2. The fourth-order valence-corrected chi connectivity index (χ4v) is 3.84. The fourth-order valence-electron chi connectivity index (χ4n) is 3.84. The van der Waals surface area contributed by atoms with Gasteiger partial charge in [-0.1, -0.05) is 0 Å². The molecule has 0 radical (unpaired) electrons. The molecule has 1 atom stereocenters. The number of carbonyl (C=O) groups is 3. The maximum Gasteiger partial charge on any atom is 0.490 e. The van der Waals surface area contributed by atoms with Gasteiger partial charge < -0.3 is 15.3 Å². The number of nitrogens with zero attached hydrogens (tertiary/aromatic N) is 2. The van der Waals surface area contributed by atoms with Crippen molar-refractivity contribution in [3.63, 3.8) is 0 Å². The summed E-state index contributed by atoms with van der Waals surface area (Å²) in [4.78, 5) is 38.9. The molecule has 8 nitrogen and oxygen atoms in total. The Balaban J connectivity index is 0.000000318. The van der Waals surface area contributed by atoms with Crippen LogP contribution in [0.2, 0.25) is 0 Å². The molecule has 3 aliphatic heterocycles. The number of rotatable bonds is 2. The molecule has 1 aromatic rings. The van der Waals surface area contributed by atoms with Crippen LogP contribution in [0.1, 0.15) is 37.3 Å². The van der Waals surface area contributed by atoms with Crippen molar-refractivity contribution < 1.29 is 32.7 Å². The molecule has 1 aromatic heterocycles. The normalized spacial score (nSPS) is 23.2. The number of imide groups is 1. The zero-order chi connectivity index (χ0) is 21.9. The van der Waals surface area contributed by atoms with E-state index in [9.17, 15) is 22.8 Å². The van der Waals surface area contributed by atoms with E-state index >= 15 is 0 Å². The Morgan fingerprint density at radius 1 is 1.20 bits per heavy atom. The molecular weight excluding hydrogens is 405 g/mol. The second kappa shape index (κ2) is 8.58. The lowest BCUT2D eigenvalue weighted by molar-refractivity contribution is -0.192. The molecule has 30 heavy (non-hydrogen) atoms. The van der Waals surface area contributed by atoms with Gasteiger partial charge in [0, 0.05) is 32.6 Å². The summed E-state index contributed by atoms with van der Waals surface area (Å²) in [6, 6.07) is 3.99. The molecule has 1 unspecified atom stereocenters. The van der Waals surface area contributed by atoms with E-state index in [2.05, 4.69) is 26.6 Å². The summed E-state index contributed by atoms with van der Waals surface area (Å²) in [7, 11) is 0. The highest BCUT2D eigenvalue weighted by Gasteiger charge is 2.40. The second-order valence-corrected chi connectivity index (χ2v) is 7.84. The first-order chi connectivity index (χ1) is 14.1. The van der Waals surface area contributed by atoms with Gasteiger partial charge in [-0.15, -0.1) is 0 Å². The second-order valence-electron chi connectivity index (χ2n) is 7.84. The molecule has 0 bridgehead atoms. The van der Waals surface area contributed by atoms with Gasteiger partial charge in [-0.25, -0.2) is 4.79 Å². The number of carbonyl (C=O) groups excluding carboxylic acids is 2.